The molecule has 0 aliphatic rings. The highest BCUT2D eigenvalue weighted by Gasteiger charge is 2.16. The van der Waals surface area contributed by atoms with E-state index in [1.54, 1.807) is 12.1 Å². The first-order valence-corrected chi connectivity index (χ1v) is 10.2. The van der Waals surface area contributed by atoms with Gasteiger partial charge in [-0.2, -0.15) is 0 Å². The number of nitro groups is 1. The van der Waals surface area contributed by atoms with Crippen molar-refractivity contribution in [1.29, 1.82) is 0 Å². The van der Waals surface area contributed by atoms with Crippen LogP contribution in [-0.4, -0.2) is 31.3 Å². The number of benzene rings is 2. The summed E-state index contributed by atoms with van der Waals surface area (Å²) in [6.45, 7) is 4.59. The highest BCUT2D eigenvalue weighted by molar-refractivity contribution is 7.99. The lowest BCUT2D eigenvalue weighted by Crippen LogP contribution is -2.14. The number of nitrogens with zero attached hydrogens (tertiary/aromatic N) is 4. The molecule has 0 atom stereocenters. The van der Waals surface area contributed by atoms with Crippen LogP contribution in [0, 0.1) is 10.1 Å². The number of aryl methyl sites for hydroxylation is 1. The number of carbonyl (C=O) groups excluding carboxylic acids is 1. The lowest BCUT2D eigenvalue weighted by Gasteiger charge is -2.08. The number of non-ortho nitro benzene ring substituents is 1. The molecule has 150 valence electrons. The van der Waals surface area contributed by atoms with Crippen molar-refractivity contribution < 1.29 is 9.72 Å². The fraction of sp³-hybridized carbons (Fsp3) is 0.250. The molecule has 1 heterocycles. The molecule has 3 rings (SSSR count). The molecule has 1 N–H and O–H groups in total. The van der Waals surface area contributed by atoms with E-state index in [-0.39, 0.29) is 17.3 Å². The summed E-state index contributed by atoms with van der Waals surface area (Å²) in [6.07, 6.45) is 0.948. The minimum Gasteiger partial charge on any atom is -0.325 e. The maximum Gasteiger partial charge on any atom is 0.270 e. The highest BCUT2D eigenvalue weighted by atomic mass is 32.2. The Morgan fingerprint density at radius 3 is 2.59 bits per heavy atom. The first-order chi connectivity index (χ1) is 14.0. The summed E-state index contributed by atoms with van der Waals surface area (Å²) in [6, 6.07) is 14.0. The number of nitrogens with one attached hydrogen (secondary N) is 1. The van der Waals surface area contributed by atoms with E-state index >= 15 is 0 Å². The standard InChI is InChI=1S/C20H21N5O3S/c1-3-14-8-10-16(11-9-14)21-18(26)13-29-20-23-22-19(24(20)4-2)15-6-5-7-17(12-15)25(27)28/h5-12H,3-4,13H2,1-2H3,(H,21,26). The third-order valence-electron chi connectivity index (χ3n) is 4.33. The van der Waals surface area contributed by atoms with Gasteiger partial charge in [-0.1, -0.05) is 43.0 Å². The van der Waals surface area contributed by atoms with Crippen molar-refractivity contribution >= 4 is 29.0 Å². The Morgan fingerprint density at radius 2 is 1.93 bits per heavy atom. The van der Waals surface area contributed by atoms with Crippen molar-refractivity contribution in [2.75, 3.05) is 11.1 Å². The zero-order valence-corrected chi connectivity index (χ0v) is 17.0. The molecular formula is C20H21N5O3S. The second kappa shape index (κ2) is 9.33. The van der Waals surface area contributed by atoms with Crippen molar-refractivity contribution in [3.05, 3.63) is 64.2 Å². The van der Waals surface area contributed by atoms with Crippen LogP contribution in [0.1, 0.15) is 19.4 Å². The molecule has 0 bridgehead atoms. The summed E-state index contributed by atoms with van der Waals surface area (Å²) in [5, 5.41) is 22.8. The molecule has 0 unspecified atom stereocenters. The number of nitro benzene ring substituents is 1. The molecule has 0 saturated heterocycles. The summed E-state index contributed by atoms with van der Waals surface area (Å²) in [5.41, 5.74) is 2.57. The van der Waals surface area contributed by atoms with E-state index in [4.69, 9.17) is 0 Å². The van der Waals surface area contributed by atoms with Gasteiger partial charge < -0.3 is 9.88 Å². The molecule has 0 fully saturated rings. The van der Waals surface area contributed by atoms with Crippen LogP contribution in [0.3, 0.4) is 0 Å². The number of amides is 1. The Bertz CT molecular complexity index is 1020. The Morgan fingerprint density at radius 1 is 1.17 bits per heavy atom. The predicted octanol–water partition coefficient (Wildman–Crippen LogP) is 4.17. The first-order valence-electron chi connectivity index (χ1n) is 9.21. The van der Waals surface area contributed by atoms with Crippen LogP contribution in [0.4, 0.5) is 11.4 Å². The van der Waals surface area contributed by atoms with Gasteiger partial charge in [0.15, 0.2) is 11.0 Å². The van der Waals surface area contributed by atoms with E-state index in [1.807, 2.05) is 35.8 Å². The van der Waals surface area contributed by atoms with E-state index < -0.39 is 4.92 Å². The largest absolute Gasteiger partial charge is 0.325 e. The van der Waals surface area contributed by atoms with Crippen LogP contribution in [0.5, 0.6) is 0 Å². The number of hydrogen-bond acceptors (Lipinski definition) is 6. The number of carbonyl (C=O) groups is 1. The second-order valence-corrected chi connectivity index (χ2v) is 7.19. The SMILES string of the molecule is CCc1ccc(NC(=O)CSc2nnc(-c3cccc([N+](=O)[O-])c3)n2CC)cc1. The van der Waals surface area contributed by atoms with E-state index in [9.17, 15) is 14.9 Å². The van der Waals surface area contributed by atoms with Gasteiger partial charge in [0, 0.05) is 29.9 Å². The van der Waals surface area contributed by atoms with Crippen molar-refractivity contribution in [2.45, 2.75) is 32.0 Å². The van der Waals surface area contributed by atoms with Crippen LogP contribution < -0.4 is 5.32 Å². The Balaban J connectivity index is 1.69. The second-order valence-electron chi connectivity index (χ2n) is 6.25. The normalized spacial score (nSPS) is 10.7. The molecule has 2 aromatic carbocycles. The third-order valence-corrected chi connectivity index (χ3v) is 5.29. The minimum absolute atomic E-state index is 0.00387. The van der Waals surface area contributed by atoms with E-state index in [0.29, 0.717) is 23.1 Å². The topological polar surface area (TPSA) is 103 Å². The number of anilines is 1. The average Bonchev–Trinajstić information content (AvgIpc) is 3.16. The first kappa shape index (κ1) is 20.5. The monoisotopic (exact) mass is 411 g/mol. The zero-order valence-electron chi connectivity index (χ0n) is 16.2. The molecule has 3 aromatic rings. The maximum atomic E-state index is 12.3. The molecule has 0 radical (unpaired) electrons. The van der Waals surface area contributed by atoms with Gasteiger partial charge in [-0.05, 0) is 31.0 Å². The van der Waals surface area contributed by atoms with Crippen LogP contribution >= 0.6 is 11.8 Å². The van der Waals surface area contributed by atoms with Gasteiger partial charge in [-0.25, -0.2) is 0 Å². The summed E-state index contributed by atoms with van der Waals surface area (Å²) >= 11 is 1.28. The molecule has 0 saturated carbocycles. The molecule has 1 aromatic heterocycles. The van der Waals surface area contributed by atoms with Crippen molar-refractivity contribution in [3.63, 3.8) is 0 Å². The lowest BCUT2D eigenvalue weighted by atomic mass is 10.1. The Hall–Kier alpha value is -3.20. The van der Waals surface area contributed by atoms with Gasteiger partial charge in [0.25, 0.3) is 5.69 Å². The number of rotatable bonds is 8. The molecule has 0 spiro atoms. The van der Waals surface area contributed by atoms with Gasteiger partial charge in [-0.3, -0.25) is 14.9 Å². The van der Waals surface area contributed by atoms with Crippen molar-refractivity contribution in [3.8, 4) is 11.4 Å². The number of hydrogen-bond donors (Lipinski definition) is 1. The van der Waals surface area contributed by atoms with Crippen molar-refractivity contribution in [2.24, 2.45) is 0 Å². The number of aromatic nitrogens is 3. The van der Waals surface area contributed by atoms with Gasteiger partial charge in [0.05, 0.1) is 10.7 Å². The van der Waals surface area contributed by atoms with Gasteiger partial charge in [0.1, 0.15) is 0 Å². The van der Waals surface area contributed by atoms with E-state index in [0.717, 1.165) is 12.1 Å². The van der Waals surface area contributed by atoms with Gasteiger partial charge in [-0.15, -0.1) is 10.2 Å². The summed E-state index contributed by atoms with van der Waals surface area (Å²) in [4.78, 5) is 22.9. The lowest BCUT2D eigenvalue weighted by molar-refractivity contribution is -0.384. The average molecular weight is 411 g/mol. The summed E-state index contributed by atoms with van der Waals surface area (Å²) in [7, 11) is 0. The van der Waals surface area contributed by atoms with Crippen molar-refractivity contribution in [1.82, 2.24) is 14.8 Å². The van der Waals surface area contributed by atoms with Crippen LogP contribution in [0.2, 0.25) is 0 Å². The van der Waals surface area contributed by atoms with Gasteiger partial charge in [0.2, 0.25) is 5.91 Å². The quantitative estimate of drug-likeness (QED) is 0.339. The van der Waals surface area contributed by atoms with Crippen LogP contribution in [0.15, 0.2) is 53.7 Å². The fourth-order valence-electron chi connectivity index (χ4n) is 2.80. The molecule has 0 aliphatic carbocycles. The molecule has 9 heteroatoms. The van der Waals surface area contributed by atoms with Crippen LogP contribution in [-0.2, 0) is 17.8 Å². The van der Waals surface area contributed by atoms with E-state index in [2.05, 4.69) is 22.4 Å². The molecule has 29 heavy (non-hydrogen) atoms. The summed E-state index contributed by atoms with van der Waals surface area (Å²) < 4.78 is 1.84. The fourth-order valence-corrected chi connectivity index (χ4v) is 3.61. The Kier molecular flexibility index (Phi) is 6.61. The van der Waals surface area contributed by atoms with E-state index in [1.165, 1.54) is 29.5 Å². The highest BCUT2D eigenvalue weighted by Crippen LogP contribution is 2.26. The summed E-state index contributed by atoms with van der Waals surface area (Å²) in [5.74, 6) is 0.582. The third kappa shape index (κ3) is 5.00. The number of thioether (sulfide) groups is 1. The maximum absolute atomic E-state index is 12.3. The predicted molar refractivity (Wildman–Crippen MR) is 113 cm³/mol. The molecule has 1 amide bonds. The zero-order chi connectivity index (χ0) is 20.8. The smallest absolute Gasteiger partial charge is 0.270 e. The molecular weight excluding hydrogens is 390 g/mol. The minimum atomic E-state index is -0.441. The van der Waals surface area contributed by atoms with Crippen LogP contribution in [0.25, 0.3) is 11.4 Å². The Labute approximate surface area is 172 Å². The molecule has 8 nitrogen and oxygen atoms in total. The molecule has 0 aliphatic heterocycles. The van der Waals surface area contributed by atoms with Gasteiger partial charge >= 0.3 is 0 Å².